The first-order valence-corrected chi connectivity index (χ1v) is 6.43. The van der Waals surface area contributed by atoms with Crippen LogP contribution >= 0.6 is 11.3 Å². The monoisotopic (exact) mass is 237 g/mol. The van der Waals surface area contributed by atoms with Gasteiger partial charge in [-0.15, -0.1) is 11.3 Å². The second-order valence-electron chi connectivity index (χ2n) is 3.75. The molecule has 0 bridgehead atoms. The van der Waals surface area contributed by atoms with E-state index in [-0.39, 0.29) is 11.9 Å². The SMILES string of the molecule is CCOC(=O)[C@H]1CCC(c2cccs2)=NC1. The van der Waals surface area contributed by atoms with Crippen molar-refractivity contribution in [3.8, 4) is 0 Å². The third kappa shape index (κ3) is 2.50. The van der Waals surface area contributed by atoms with E-state index in [0.29, 0.717) is 13.2 Å². The smallest absolute Gasteiger partial charge is 0.310 e. The highest BCUT2D eigenvalue weighted by Gasteiger charge is 2.24. The van der Waals surface area contributed by atoms with E-state index in [1.54, 1.807) is 11.3 Å². The Morgan fingerprint density at radius 3 is 3.12 bits per heavy atom. The van der Waals surface area contributed by atoms with Crippen LogP contribution in [0, 0.1) is 5.92 Å². The van der Waals surface area contributed by atoms with Gasteiger partial charge in [0.25, 0.3) is 0 Å². The number of hydrogen-bond acceptors (Lipinski definition) is 4. The first-order valence-electron chi connectivity index (χ1n) is 5.55. The molecule has 0 unspecified atom stereocenters. The summed E-state index contributed by atoms with van der Waals surface area (Å²) in [5.74, 6) is -0.139. The Morgan fingerprint density at radius 2 is 2.56 bits per heavy atom. The number of carbonyl (C=O) groups excluding carboxylic acids is 1. The topological polar surface area (TPSA) is 38.7 Å². The van der Waals surface area contributed by atoms with E-state index in [1.807, 2.05) is 13.0 Å². The lowest BCUT2D eigenvalue weighted by molar-refractivity contribution is -0.147. The van der Waals surface area contributed by atoms with Crippen molar-refractivity contribution in [2.75, 3.05) is 13.2 Å². The van der Waals surface area contributed by atoms with Crippen molar-refractivity contribution >= 4 is 23.0 Å². The molecular formula is C12H15NO2S. The summed E-state index contributed by atoms with van der Waals surface area (Å²) in [4.78, 5) is 17.2. The minimum Gasteiger partial charge on any atom is -0.466 e. The summed E-state index contributed by atoms with van der Waals surface area (Å²) in [5, 5.41) is 2.05. The zero-order valence-electron chi connectivity index (χ0n) is 9.31. The number of nitrogens with zero attached hydrogens (tertiary/aromatic N) is 1. The Bertz CT molecular complexity index is 384. The van der Waals surface area contributed by atoms with Gasteiger partial charge in [0.05, 0.1) is 24.8 Å². The molecule has 0 saturated heterocycles. The lowest BCUT2D eigenvalue weighted by atomic mass is 9.97. The Balaban J connectivity index is 1.97. The fourth-order valence-corrected chi connectivity index (χ4v) is 2.56. The molecule has 0 aromatic carbocycles. The van der Waals surface area contributed by atoms with Gasteiger partial charge in [-0.2, -0.15) is 0 Å². The molecule has 3 nitrogen and oxygen atoms in total. The predicted molar refractivity (Wildman–Crippen MR) is 65.1 cm³/mol. The first-order chi connectivity index (χ1) is 7.81. The van der Waals surface area contributed by atoms with Crippen LogP contribution in [0.3, 0.4) is 0 Å². The van der Waals surface area contributed by atoms with E-state index in [1.165, 1.54) is 4.88 Å². The second kappa shape index (κ2) is 5.25. The van der Waals surface area contributed by atoms with Gasteiger partial charge in [0.1, 0.15) is 0 Å². The molecule has 0 spiro atoms. The molecule has 2 heterocycles. The Labute approximate surface area is 99.2 Å². The second-order valence-corrected chi connectivity index (χ2v) is 4.70. The quantitative estimate of drug-likeness (QED) is 0.758. The summed E-state index contributed by atoms with van der Waals surface area (Å²) >= 11 is 1.70. The van der Waals surface area contributed by atoms with Crippen molar-refractivity contribution in [2.45, 2.75) is 19.8 Å². The van der Waals surface area contributed by atoms with Crippen molar-refractivity contribution < 1.29 is 9.53 Å². The lowest BCUT2D eigenvalue weighted by Crippen LogP contribution is -2.25. The van der Waals surface area contributed by atoms with Gasteiger partial charge in [-0.25, -0.2) is 0 Å². The van der Waals surface area contributed by atoms with Crippen molar-refractivity contribution in [3.63, 3.8) is 0 Å². The molecule has 0 saturated carbocycles. The molecule has 16 heavy (non-hydrogen) atoms. The number of rotatable bonds is 3. The molecule has 0 radical (unpaired) electrons. The molecule has 1 aromatic rings. The van der Waals surface area contributed by atoms with E-state index >= 15 is 0 Å². The molecule has 0 aliphatic carbocycles. The Hall–Kier alpha value is -1.16. The average Bonchev–Trinajstić information content (AvgIpc) is 2.83. The highest BCUT2D eigenvalue weighted by Crippen LogP contribution is 2.21. The summed E-state index contributed by atoms with van der Waals surface area (Å²) in [6.45, 7) is 2.87. The van der Waals surface area contributed by atoms with Gasteiger partial charge in [0.15, 0.2) is 0 Å². The van der Waals surface area contributed by atoms with Gasteiger partial charge in [0.2, 0.25) is 0 Å². The highest BCUT2D eigenvalue weighted by atomic mass is 32.1. The van der Waals surface area contributed by atoms with E-state index in [0.717, 1.165) is 18.6 Å². The summed E-state index contributed by atoms with van der Waals surface area (Å²) in [7, 11) is 0. The van der Waals surface area contributed by atoms with Crippen LogP contribution in [-0.4, -0.2) is 24.8 Å². The number of esters is 1. The lowest BCUT2D eigenvalue weighted by Gasteiger charge is -2.19. The van der Waals surface area contributed by atoms with Gasteiger partial charge >= 0.3 is 5.97 Å². The molecule has 2 rings (SSSR count). The highest BCUT2D eigenvalue weighted by molar-refractivity contribution is 7.12. The minimum absolute atomic E-state index is 0.0383. The molecule has 4 heteroatoms. The molecule has 0 fully saturated rings. The maximum Gasteiger partial charge on any atom is 0.310 e. The maximum atomic E-state index is 11.5. The van der Waals surface area contributed by atoms with Crippen LogP contribution in [0.1, 0.15) is 24.6 Å². The summed E-state index contributed by atoms with van der Waals surface area (Å²) in [6.07, 6.45) is 1.74. The summed E-state index contributed by atoms with van der Waals surface area (Å²) in [6, 6.07) is 4.11. The predicted octanol–water partition coefficient (Wildman–Crippen LogP) is 2.51. The standard InChI is InChI=1S/C12H15NO2S/c1-2-15-12(14)9-5-6-10(13-8-9)11-4-3-7-16-11/h3-4,7,9H,2,5-6,8H2,1H3/t9-/m0/s1. The largest absolute Gasteiger partial charge is 0.466 e. The van der Waals surface area contributed by atoms with Gasteiger partial charge in [0, 0.05) is 4.88 Å². The molecule has 1 aromatic heterocycles. The summed E-state index contributed by atoms with van der Waals surface area (Å²) in [5.41, 5.74) is 1.13. The van der Waals surface area contributed by atoms with Gasteiger partial charge in [-0.1, -0.05) is 6.07 Å². The van der Waals surface area contributed by atoms with Gasteiger partial charge < -0.3 is 4.74 Å². The van der Waals surface area contributed by atoms with Crippen LogP contribution in [0.5, 0.6) is 0 Å². The third-order valence-electron chi connectivity index (χ3n) is 2.66. The molecule has 0 amide bonds. The fraction of sp³-hybridized carbons (Fsp3) is 0.500. The normalized spacial score (nSPS) is 20.3. The Morgan fingerprint density at radius 1 is 1.69 bits per heavy atom. The van der Waals surface area contributed by atoms with Crippen molar-refractivity contribution in [2.24, 2.45) is 10.9 Å². The van der Waals surface area contributed by atoms with Crippen LogP contribution in [0.2, 0.25) is 0 Å². The molecule has 1 aliphatic heterocycles. The number of aliphatic imine (C=N–C) groups is 1. The zero-order chi connectivity index (χ0) is 11.4. The van der Waals surface area contributed by atoms with Crippen molar-refractivity contribution in [1.82, 2.24) is 0 Å². The van der Waals surface area contributed by atoms with Crippen molar-refractivity contribution in [3.05, 3.63) is 22.4 Å². The van der Waals surface area contributed by atoms with E-state index in [2.05, 4.69) is 16.4 Å². The van der Waals surface area contributed by atoms with Crippen LogP contribution in [-0.2, 0) is 9.53 Å². The van der Waals surface area contributed by atoms with Crippen LogP contribution in [0.25, 0.3) is 0 Å². The average molecular weight is 237 g/mol. The molecular weight excluding hydrogens is 222 g/mol. The van der Waals surface area contributed by atoms with E-state index < -0.39 is 0 Å². The summed E-state index contributed by atoms with van der Waals surface area (Å²) < 4.78 is 5.00. The van der Waals surface area contributed by atoms with Crippen LogP contribution in [0.15, 0.2) is 22.5 Å². The van der Waals surface area contributed by atoms with E-state index in [4.69, 9.17) is 4.74 Å². The fourth-order valence-electron chi connectivity index (χ4n) is 1.80. The third-order valence-corrected chi connectivity index (χ3v) is 3.58. The maximum absolute atomic E-state index is 11.5. The van der Waals surface area contributed by atoms with Crippen LogP contribution < -0.4 is 0 Å². The molecule has 1 aliphatic rings. The number of ether oxygens (including phenoxy) is 1. The van der Waals surface area contributed by atoms with E-state index in [9.17, 15) is 4.79 Å². The molecule has 0 N–H and O–H groups in total. The van der Waals surface area contributed by atoms with Gasteiger partial charge in [-0.05, 0) is 31.2 Å². The zero-order valence-corrected chi connectivity index (χ0v) is 10.1. The number of thiophene rings is 1. The van der Waals surface area contributed by atoms with Gasteiger partial charge in [-0.3, -0.25) is 9.79 Å². The minimum atomic E-state index is -0.100. The molecule has 86 valence electrons. The Kier molecular flexibility index (Phi) is 3.72. The van der Waals surface area contributed by atoms with Crippen LogP contribution in [0.4, 0.5) is 0 Å². The van der Waals surface area contributed by atoms with Crippen molar-refractivity contribution in [1.29, 1.82) is 0 Å². The molecule has 1 atom stereocenters. The number of carbonyl (C=O) groups is 1. The number of hydrogen-bond donors (Lipinski definition) is 0. The first kappa shape index (κ1) is 11.3.